The van der Waals surface area contributed by atoms with Gasteiger partial charge in [-0.15, -0.1) is 0 Å². The van der Waals surface area contributed by atoms with Gasteiger partial charge in [0.05, 0.1) is 18.8 Å². The lowest BCUT2D eigenvalue weighted by atomic mass is 10.1. The molecule has 0 spiro atoms. The number of para-hydroxylation sites is 1. The van der Waals surface area contributed by atoms with E-state index in [9.17, 15) is 9.59 Å². The molecule has 5 heteroatoms. The summed E-state index contributed by atoms with van der Waals surface area (Å²) >= 11 is 0. The molecular formula is C18H30O5. The minimum absolute atomic E-state index is 0.262. The van der Waals surface area contributed by atoms with Crippen molar-refractivity contribution in [2.75, 3.05) is 26.9 Å². The first-order valence-electron chi connectivity index (χ1n) is 8.08. The molecule has 1 rings (SSSR count). The summed E-state index contributed by atoms with van der Waals surface area (Å²) in [5, 5.41) is 0. The molecule has 0 atom stereocenters. The van der Waals surface area contributed by atoms with Crippen LogP contribution in [-0.4, -0.2) is 38.7 Å². The molecule has 132 valence electrons. The number of rotatable bonds is 8. The zero-order valence-electron chi connectivity index (χ0n) is 15.2. The van der Waals surface area contributed by atoms with Crippen LogP contribution in [0.3, 0.4) is 0 Å². The van der Waals surface area contributed by atoms with E-state index >= 15 is 0 Å². The SMILES string of the molecule is CC.CC.CCOC(=O)CC(=O)c1ccccc1OCCOC. The number of methoxy groups -OCH3 is 1. The summed E-state index contributed by atoms with van der Waals surface area (Å²) in [6.45, 7) is 10.7. The van der Waals surface area contributed by atoms with Crippen molar-refractivity contribution in [1.29, 1.82) is 0 Å². The standard InChI is InChI=1S/C14H18O5.2C2H6/c1-3-18-14(16)10-12(15)11-6-4-5-7-13(11)19-9-8-17-2;2*1-2/h4-7H,3,8-10H2,1-2H3;2*1-2H3. The van der Waals surface area contributed by atoms with Gasteiger partial charge in [-0.3, -0.25) is 9.59 Å². The van der Waals surface area contributed by atoms with Gasteiger partial charge in [0.2, 0.25) is 0 Å². The molecule has 0 aliphatic carbocycles. The highest BCUT2D eigenvalue weighted by atomic mass is 16.5. The Bertz CT molecular complexity index is 429. The van der Waals surface area contributed by atoms with Crippen LogP contribution in [0.25, 0.3) is 0 Å². The van der Waals surface area contributed by atoms with Crippen molar-refractivity contribution < 1.29 is 23.8 Å². The largest absolute Gasteiger partial charge is 0.490 e. The van der Waals surface area contributed by atoms with Crippen molar-refractivity contribution in [3.63, 3.8) is 0 Å². The third kappa shape index (κ3) is 10.5. The molecule has 0 radical (unpaired) electrons. The van der Waals surface area contributed by atoms with E-state index in [1.54, 1.807) is 38.3 Å². The normalized spacial score (nSPS) is 8.78. The number of esters is 1. The summed E-state index contributed by atoms with van der Waals surface area (Å²) in [6.07, 6.45) is -0.279. The van der Waals surface area contributed by atoms with Crippen LogP contribution in [0.5, 0.6) is 5.75 Å². The van der Waals surface area contributed by atoms with E-state index in [2.05, 4.69) is 0 Å². The monoisotopic (exact) mass is 326 g/mol. The minimum Gasteiger partial charge on any atom is -0.490 e. The van der Waals surface area contributed by atoms with E-state index in [4.69, 9.17) is 14.2 Å². The second-order valence-corrected chi connectivity index (χ2v) is 3.74. The first-order chi connectivity index (χ1) is 11.2. The second-order valence-electron chi connectivity index (χ2n) is 3.74. The molecule has 0 fully saturated rings. The van der Waals surface area contributed by atoms with Gasteiger partial charge < -0.3 is 14.2 Å². The average molecular weight is 326 g/mol. The smallest absolute Gasteiger partial charge is 0.313 e. The predicted octanol–water partition coefficient (Wildman–Crippen LogP) is 3.90. The van der Waals surface area contributed by atoms with E-state index in [1.807, 2.05) is 27.7 Å². The van der Waals surface area contributed by atoms with Crippen molar-refractivity contribution in [1.82, 2.24) is 0 Å². The van der Waals surface area contributed by atoms with Gasteiger partial charge in [0.15, 0.2) is 5.78 Å². The molecule has 0 amide bonds. The molecule has 0 aliphatic rings. The molecule has 1 aromatic rings. The quantitative estimate of drug-likeness (QED) is 0.314. The van der Waals surface area contributed by atoms with E-state index in [0.29, 0.717) is 24.5 Å². The van der Waals surface area contributed by atoms with Crippen molar-refractivity contribution in [3.8, 4) is 5.75 Å². The number of ketones is 1. The van der Waals surface area contributed by atoms with Crippen LogP contribution in [-0.2, 0) is 14.3 Å². The fraction of sp³-hybridized carbons (Fsp3) is 0.556. The van der Waals surface area contributed by atoms with Gasteiger partial charge in [-0.2, -0.15) is 0 Å². The van der Waals surface area contributed by atoms with Crippen LogP contribution < -0.4 is 4.74 Å². The topological polar surface area (TPSA) is 61.8 Å². The first kappa shape index (κ1) is 23.4. The summed E-state index contributed by atoms with van der Waals surface area (Å²) in [5.74, 6) is -0.389. The van der Waals surface area contributed by atoms with Crippen LogP contribution in [0.1, 0.15) is 51.4 Å². The Hall–Kier alpha value is -1.88. The molecule has 0 aliphatic heterocycles. The zero-order chi connectivity index (χ0) is 18.1. The molecule has 0 aromatic heterocycles. The summed E-state index contributed by atoms with van der Waals surface area (Å²) in [5.41, 5.74) is 0.381. The average Bonchev–Trinajstić information content (AvgIpc) is 2.59. The Morgan fingerprint density at radius 2 is 1.61 bits per heavy atom. The zero-order valence-corrected chi connectivity index (χ0v) is 15.2. The molecule has 0 saturated carbocycles. The van der Waals surface area contributed by atoms with Crippen LogP contribution >= 0.6 is 0 Å². The minimum atomic E-state index is -0.529. The van der Waals surface area contributed by atoms with Gasteiger partial charge in [0, 0.05) is 7.11 Å². The fourth-order valence-electron chi connectivity index (χ4n) is 1.50. The number of Topliss-reactive ketones (excluding diaryl/α,β-unsaturated/α-hetero) is 1. The summed E-state index contributed by atoms with van der Waals surface area (Å²) in [7, 11) is 1.57. The second kappa shape index (κ2) is 16.5. The maximum atomic E-state index is 12.0. The molecule has 0 heterocycles. The molecule has 5 nitrogen and oxygen atoms in total. The van der Waals surface area contributed by atoms with Gasteiger partial charge in [-0.05, 0) is 19.1 Å². The third-order valence-corrected chi connectivity index (χ3v) is 2.34. The third-order valence-electron chi connectivity index (χ3n) is 2.34. The number of carbonyl (C=O) groups excluding carboxylic acids is 2. The maximum Gasteiger partial charge on any atom is 0.313 e. The molecule has 1 aromatic carbocycles. The molecule has 23 heavy (non-hydrogen) atoms. The van der Waals surface area contributed by atoms with Crippen molar-refractivity contribution >= 4 is 11.8 Å². The van der Waals surface area contributed by atoms with Crippen LogP contribution in [0.2, 0.25) is 0 Å². The Balaban J connectivity index is 0. The summed E-state index contributed by atoms with van der Waals surface area (Å²) in [6, 6.07) is 6.81. The number of hydrogen-bond donors (Lipinski definition) is 0. The van der Waals surface area contributed by atoms with E-state index in [-0.39, 0.29) is 18.8 Å². The molecule has 0 bridgehead atoms. The Labute approximate surface area is 139 Å². The van der Waals surface area contributed by atoms with Gasteiger partial charge in [0.25, 0.3) is 0 Å². The molecule has 0 unspecified atom stereocenters. The molecule has 0 saturated heterocycles. The lowest BCUT2D eigenvalue weighted by Crippen LogP contribution is -2.13. The highest BCUT2D eigenvalue weighted by molar-refractivity contribution is 6.07. The van der Waals surface area contributed by atoms with Crippen LogP contribution in [0.15, 0.2) is 24.3 Å². The Kier molecular flexibility index (Phi) is 16.8. The van der Waals surface area contributed by atoms with E-state index in [1.165, 1.54) is 0 Å². The number of hydrogen-bond acceptors (Lipinski definition) is 5. The van der Waals surface area contributed by atoms with Crippen molar-refractivity contribution in [2.45, 2.75) is 41.0 Å². The Morgan fingerprint density at radius 3 is 2.17 bits per heavy atom. The highest BCUT2D eigenvalue weighted by Gasteiger charge is 2.16. The highest BCUT2D eigenvalue weighted by Crippen LogP contribution is 2.19. The lowest BCUT2D eigenvalue weighted by molar-refractivity contribution is -0.141. The summed E-state index contributed by atoms with van der Waals surface area (Å²) in [4.78, 5) is 23.3. The number of carbonyl (C=O) groups is 2. The van der Waals surface area contributed by atoms with Crippen LogP contribution in [0, 0.1) is 0 Å². The molecular weight excluding hydrogens is 296 g/mol. The van der Waals surface area contributed by atoms with E-state index < -0.39 is 5.97 Å². The Morgan fingerprint density at radius 1 is 1.00 bits per heavy atom. The fourth-order valence-corrected chi connectivity index (χ4v) is 1.50. The van der Waals surface area contributed by atoms with Crippen molar-refractivity contribution in [2.24, 2.45) is 0 Å². The van der Waals surface area contributed by atoms with Crippen molar-refractivity contribution in [3.05, 3.63) is 29.8 Å². The van der Waals surface area contributed by atoms with Gasteiger partial charge in [0.1, 0.15) is 18.8 Å². The van der Waals surface area contributed by atoms with E-state index in [0.717, 1.165) is 0 Å². The maximum absolute atomic E-state index is 12.0. The lowest BCUT2D eigenvalue weighted by Gasteiger charge is -2.10. The number of benzene rings is 1. The van der Waals surface area contributed by atoms with Gasteiger partial charge in [-0.1, -0.05) is 39.8 Å². The van der Waals surface area contributed by atoms with Gasteiger partial charge >= 0.3 is 5.97 Å². The predicted molar refractivity (Wildman–Crippen MR) is 92.1 cm³/mol. The van der Waals surface area contributed by atoms with Crippen LogP contribution in [0.4, 0.5) is 0 Å². The van der Waals surface area contributed by atoms with Gasteiger partial charge in [-0.25, -0.2) is 0 Å². The first-order valence-corrected chi connectivity index (χ1v) is 8.08. The summed E-state index contributed by atoms with van der Waals surface area (Å²) < 4.78 is 15.1. The number of ether oxygens (including phenoxy) is 3. The molecule has 0 N–H and O–H groups in total.